The largest absolute Gasteiger partial charge is 0.351 e. The summed E-state index contributed by atoms with van der Waals surface area (Å²) in [5, 5.41) is 2.60. The van der Waals surface area contributed by atoms with Crippen LogP contribution in [0.4, 0.5) is 5.69 Å². The summed E-state index contributed by atoms with van der Waals surface area (Å²) in [7, 11) is -3.84. The Bertz CT molecular complexity index is 805. The molecule has 0 unspecified atom stereocenters. The second-order valence-electron chi connectivity index (χ2n) is 4.89. The van der Waals surface area contributed by atoms with Crippen LogP contribution in [0.2, 0.25) is 0 Å². The summed E-state index contributed by atoms with van der Waals surface area (Å²) in [5.74, 6) is -0.395. The first-order valence-electron chi connectivity index (χ1n) is 7.16. The predicted octanol–water partition coefficient (Wildman–Crippen LogP) is 2.79. The number of rotatable bonds is 7. The number of carbonyl (C=O) groups excluding carboxylic acids is 1. The Balaban J connectivity index is 2.40. The summed E-state index contributed by atoms with van der Waals surface area (Å²) in [4.78, 5) is 12.2. The van der Waals surface area contributed by atoms with Gasteiger partial charge in [-0.3, -0.25) is 9.10 Å². The van der Waals surface area contributed by atoms with E-state index < -0.39 is 15.9 Å². The lowest BCUT2D eigenvalue weighted by Crippen LogP contribution is -2.40. The Morgan fingerprint density at radius 3 is 2.33 bits per heavy atom. The van der Waals surface area contributed by atoms with Crippen molar-refractivity contribution >= 4 is 44.2 Å². The van der Waals surface area contributed by atoms with Gasteiger partial charge in [0.05, 0.1) is 10.6 Å². The number of benzene rings is 2. The van der Waals surface area contributed by atoms with Crippen molar-refractivity contribution in [2.45, 2.75) is 4.90 Å². The van der Waals surface area contributed by atoms with Crippen molar-refractivity contribution in [1.82, 2.24) is 5.32 Å². The number of hydrogen-bond donors (Lipinski definition) is 1. The molecule has 126 valence electrons. The molecule has 0 atom stereocenters. The molecule has 1 amide bonds. The number of halogens is 1. The van der Waals surface area contributed by atoms with Gasteiger partial charge in [0.1, 0.15) is 6.54 Å². The molecular weight excluding hydrogens is 439 g/mol. The molecule has 2 aromatic carbocycles. The lowest BCUT2D eigenvalue weighted by Gasteiger charge is -2.24. The Morgan fingerprint density at radius 1 is 1.12 bits per heavy atom. The van der Waals surface area contributed by atoms with E-state index in [0.29, 0.717) is 5.69 Å². The van der Waals surface area contributed by atoms with Crippen LogP contribution in [0.3, 0.4) is 0 Å². The summed E-state index contributed by atoms with van der Waals surface area (Å²) in [6.07, 6.45) is 1.54. The van der Waals surface area contributed by atoms with Crippen molar-refractivity contribution < 1.29 is 13.2 Å². The molecule has 2 aromatic rings. The van der Waals surface area contributed by atoms with E-state index in [-0.39, 0.29) is 18.0 Å². The van der Waals surface area contributed by atoms with Gasteiger partial charge < -0.3 is 5.32 Å². The third-order valence-corrected chi connectivity index (χ3v) is 5.68. The first-order chi connectivity index (χ1) is 11.4. The van der Waals surface area contributed by atoms with Gasteiger partial charge in [0.15, 0.2) is 0 Å². The molecule has 0 bridgehead atoms. The molecule has 0 spiro atoms. The van der Waals surface area contributed by atoms with Gasteiger partial charge >= 0.3 is 0 Å². The third-order valence-electron chi connectivity index (χ3n) is 3.18. The van der Waals surface area contributed by atoms with Crippen molar-refractivity contribution in [2.75, 3.05) is 17.4 Å². The smallest absolute Gasteiger partial charge is 0.264 e. The number of nitrogens with zero attached hydrogens (tertiary/aromatic N) is 1. The van der Waals surface area contributed by atoms with Gasteiger partial charge in [-0.15, -0.1) is 6.58 Å². The lowest BCUT2D eigenvalue weighted by atomic mass is 10.3. The van der Waals surface area contributed by atoms with Gasteiger partial charge in [-0.05, 0) is 59.0 Å². The molecule has 0 radical (unpaired) electrons. The van der Waals surface area contributed by atoms with Crippen LogP contribution in [-0.4, -0.2) is 27.4 Å². The number of amides is 1. The summed E-state index contributed by atoms with van der Waals surface area (Å²) in [5.41, 5.74) is 0.438. The highest BCUT2D eigenvalue weighted by Gasteiger charge is 2.26. The maximum atomic E-state index is 13.0. The molecule has 0 saturated carbocycles. The van der Waals surface area contributed by atoms with E-state index in [9.17, 15) is 13.2 Å². The number of nitrogens with one attached hydrogen (secondary N) is 1. The van der Waals surface area contributed by atoms with Crippen LogP contribution < -0.4 is 9.62 Å². The summed E-state index contributed by atoms with van der Waals surface area (Å²) >= 11 is 2.14. The average Bonchev–Trinajstić information content (AvgIpc) is 2.59. The summed E-state index contributed by atoms with van der Waals surface area (Å²) in [6.45, 7) is 3.51. The normalized spacial score (nSPS) is 10.9. The Kier molecular flexibility index (Phi) is 6.38. The van der Waals surface area contributed by atoms with Gasteiger partial charge in [-0.2, -0.15) is 0 Å². The van der Waals surface area contributed by atoms with Crippen LogP contribution in [0.1, 0.15) is 0 Å². The molecular formula is C17H17IN2O3S. The lowest BCUT2D eigenvalue weighted by molar-refractivity contribution is -0.119. The van der Waals surface area contributed by atoms with Crippen molar-refractivity contribution in [1.29, 1.82) is 0 Å². The van der Waals surface area contributed by atoms with Crippen LogP contribution in [-0.2, 0) is 14.8 Å². The minimum absolute atomic E-state index is 0.139. The molecule has 1 N–H and O–H groups in total. The highest BCUT2D eigenvalue weighted by atomic mass is 127. The fourth-order valence-corrected chi connectivity index (χ4v) is 3.82. The number of sulfonamides is 1. The molecule has 0 heterocycles. The zero-order chi connectivity index (χ0) is 17.6. The Labute approximate surface area is 155 Å². The predicted molar refractivity (Wildman–Crippen MR) is 103 cm³/mol. The van der Waals surface area contributed by atoms with E-state index in [4.69, 9.17) is 0 Å². The molecule has 0 saturated heterocycles. The molecule has 0 aliphatic rings. The number of carbonyl (C=O) groups is 1. The van der Waals surface area contributed by atoms with Crippen LogP contribution in [0.25, 0.3) is 0 Å². The minimum atomic E-state index is -3.84. The van der Waals surface area contributed by atoms with Gasteiger partial charge in [-0.25, -0.2) is 8.42 Å². The Hall–Kier alpha value is -1.87. The molecule has 0 aliphatic heterocycles. The highest BCUT2D eigenvalue weighted by Crippen LogP contribution is 2.24. The highest BCUT2D eigenvalue weighted by molar-refractivity contribution is 14.1. The topological polar surface area (TPSA) is 66.5 Å². The monoisotopic (exact) mass is 456 g/mol. The summed E-state index contributed by atoms with van der Waals surface area (Å²) < 4.78 is 28.0. The van der Waals surface area contributed by atoms with Gasteiger partial charge in [0.2, 0.25) is 5.91 Å². The SMILES string of the molecule is C=CCNC(=O)CN(c1ccc(I)cc1)S(=O)(=O)c1ccccc1. The van der Waals surface area contributed by atoms with E-state index >= 15 is 0 Å². The quantitative estimate of drug-likeness (QED) is 0.515. The van der Waals surface area contributed by atoms with Crippen molar-refractivity contribution in [3.63, 3.8) is 0 Å². The fourth-order valence-electron chi connectivity index (χ4n) is 2.01. The van der Waals surface area contributed by atoms with E-state index in [1.165, 1.54) is 12.1 Å². The second-order valence-corrected chi connectivity index (χ2v) is 8.00. The van der Waals surface area contributed by atoms with Gasteiger partial charge in [0, 0.05) is 10.1 Å². The van der Waals surface area contributed by atoms with E-state index in [0.717, 1.165) is 7.88 Å². The van der Waals surface area contributed by atoms with E-state index in [1.54, 1.807) is 48.5 Å². The first-order valence-corrected chi connectivity index (χ1v) is 9.68. The fraction of sp³-hybridized carbons (Fsp3) is 0.118. The molecule has 0 aromatic heterocycles. The standard InChI is InChI=1S/C17H17IN2O3S/c1-2-12-19-17(21)13-20(15-10-8-14(18)9-11-15)24(22,23)16-6-4-3-5-7-16/h2-11H,1,12-13H2,(H,19,21). The zero-order valence-electron chi connectivity index (χ0n) is 12.9. The third kappa shape index (κ3) is 4.57. The van der Waals surface area contributed by atoms with Crippen molar-refractivity contribution in [3.8, 4) is 0 Å². The van der Waals surface area contributed by atoms with E-state index in [2.05, 4.69) is 34.5 Å². The maximum absolute atomic E-state index is 13.0. The molecule has 5 nitrogen and oxygen atoms in total. The van der Waals surface area contributed by atoms with Crippen LogP contribution in [0, 0.1) is 3.57 Å². The Morgan fingerprint density at radius 2 is 1.75 bits per heavy atom. The van der Waals surface area contributed by atoms with Gasteiger partial charge in [-0.1, -0.05) is 24.3 Å². The second kappa shape index (κ2) is 8.29. The van der Waals surface area contributed by atoms with Crippen LogP contribution >= 0.6 is 22.6 Å². The maximum Gasteiger partial charge on any atom is 0.264 e. The molecule has 0 fully saturated rings. The van der Waals surface area contributed by atoms with Gasteiger partial charge in [0.25, 0.3) is 10.0 Å². The number of hydrogen-bond acceptors (Lipinski definition) is 3. The molecule has 24 heavy (non-hydrogen) atoms. The van der Waals surface area contributed by atoms with Crippen molar-refractivity contribution in [3.05, 3.63) is 70.8 Å². The molecule has 2 rings (SSSR count). The van der Waals surface area contributed by atoms with Crippen LogP contribution in [0.5, 0.6) is 0 Å². The zero-order valence-corrected chi connectivity index (χ0v) is 15.8. The summed E-state index contributed by atoms with van der Waals surface area (Å²) in [6, 6.07) is 15.0. The number of anilines is 1. The van der Waals surface area contributed by atoms with Crippen molar-refractivity contribution in [2.24, 2.45) is 0 Å². The van der Waals surface area contributed by atoms with E-state index in [1.807, 2.05) is 0 Å². The molecule has 7 heteroatoms. The average molecular weight is 456 g/mol. The minimum Gasteiger partial charge on any atom is -0.351 e. The molecule has 0 aliphatic carbocycles. The first kappa shape index (κ1) is 18.5. The van der Waals surface area contributed by atoms with Crippen LogP contribution in [0.15, 0.2) is 72.1 Å².